The van der Waals surface area contributed by atoms with Crippen LogP contribution in [0.25, 0.3) is 21.6 Å². The van der Waals surface area contributed by atoms with Crippen molar-refractivity contribution in [3.8, 4) is 11.4 Å². The number of aryl methyl sites for hydroxylation is 1. The van der Waals surface area contributed by atoms with Gasteiger partial charge in [-0.1, -0.05) is 0 Å². The number of fused-ring (bicyclic) bond motifs is 1. The fraction of sp³-hybridized carbons (Fsp3) is 0.412. The molecule has 3 aromatic rings. The highest BCUT2D eigenvalue weighted by Crippen LogP contribution is 2.37. The first-order valence-electron chi connectivity index (χ1n) is 8.30. The van der Waals surface area contributed by atoms with E-state index in [1.807, 2.05) is 7.05 Å². The zero-order valence-electron chi connectivity index (χ0n) is 14.3. The molecule has 4 rings (SSSR count). The predicted molar refractivity (Wildman–Crippen MR) is 99.0 cm³/mol. The maximum Gasteiger partial charge on any atom is 0.165 e. The van der Waals surface area contributed by atoms with Gasteiger partial charge in [0.1, 0.15) is 6.33 Å². The fourth-order valence-electron chi connectivity index (χ4n) is 2.98. The summed E-state index contributed by atoms with van der Waals surface area (Å²) in [4.78, 5) is 21.5. The van der Waals surface area contributed by atoms with E-state index in [0.717, 1.165) is 54.4 Å². The van der Waals surface area contributed by atoms with Crippen LogP contribution in [-0.2, 0) is 11.3 Å². The highest BCUT2D eigenvalue weighted by molar-refractivity contribution is 7.19. The first kappa shape index (κ1) is 16.3. The first-order valence-corrected chi connectivity index (χ1v) is 9.12. The lowest BCUT2D eigenvalue weighted by atomic mass is 10.2. The maximum absolute atomic E-state index is 5.50. The number of hydrogen-bond donors (Lipinski definition) is 1. The monoisotopic (exact) mass is 356 g/mol. The Morgan fingerprint density at radius 2 is 1.96 bits per heavy atom. The number of nitrogens with zero attached hydrogens (tertiary/aromatic N) is 5. The molecule has 0 amide bonds. The van der Waals surface area contributed by atoms with Gasteiger partial charge in [0.15, 0.2) is 11.6 Å². The maximum atomic E-state index is 5.50. The number of ether oxygens (including phenoxy) is 1. The van der Waals surface area contributed by atoms with E-state index in [1.54, 1.807) is 23.7 Å². The zero-order valence-corrected chi connectivity index (χ0v) is 15.1. The summed E-state index contributed by atoms with van der Waals surface area (Å²) < 4.78 is 6.65. The van der Waals surface area contributed by atoms with Gasteiger partial charge in [-0.3, -0.25) is 0 Å². The summed E-state index contributed by atoms with van der Waals surface area (Å²) in [7, 11) is 1.96. The summed E-state index contributed by atoms with van der Waals surface area (Å²) in [5.74, 6) is 1.66. The van der Waals surface area contributed by atoms with Crippen molar-refractivity contribution >= 4 is 27.4 Å². The molecule has 1 aliphatic heterocycles. The summed E-state index contributed by atoms with van der Waals surface area (Å²) in [5.41, 5.74) is 3.06. The van der Waals surface area contributed by atoms with Gasteiger partial charge >= 0.3 is 0 Å². The molecule has 3 aromatic heterocycles. The van der Waals surface area contributed by atoms with E-state index in [1.165, 1.54) is 16.8 Å². The molecule has 1 aliphatic rings. The molecule has 0 saturated carbocycles. The largest absolute Gasteiger partial charge is 0.378 e. The topological polar surface area (TPSA) is 76.1 Å². The number of morpholine rings is 1. The van der Waals surface area contributed by atoms with Gasteiger partial charge in [-0.2, -0.15) is 0 Å². The van der Waals surface area contributed by atoms with E-state index in [0.29, 0.717) is 5.82 Å². The van der Waals surface area contributed by atoms with E-state index >= 15 is 0 Å². The van der Waals surface area contributed by atoms with E-state index in [-0.39, 0.29) is 0 Å². The van der Waals surface area contributed by atoms with Gasteiger partial charge in [0, 0.05) is 36.9 Å². The van der Waals surface area contributed by atoms with Crippen molar-refractivity contribution in [2.75, 3.05) is 38.3 Å². The van der Waals surface area contributed by atoms with E-state index < -0.39 is 0 Å². The Morgan fingerprint density at radius 1 is 1.20 bits per heavy atom. The molecule has 4 heterocycles. The molecule has 25 heavy (non-hydrogen) atoms. The molecule has 0 atom stereocenters. The Kier molecular flexibility index (Phi) is 4.56. The lowest BCUT2D eigenvalue weighted by Crippen LogP contribution is -2.36. The molecule has 1 saturated heterocycles. The van der Waals surface area contributed by atoms with Crippen molar-refractivity contribution in [1.29, 1.82) is 0 Å². The molecule has 7 nitrogen and oxygen atoms in total. The predicted octanol–water partition coefficient (Wildman–Crippen LogP) is 2.01. The third kappa shape index (κ3) is 3.08. The Labute approximate surface area is 150 Å². The highest BCUT2D eigenvalue weighted by atomic mass is 32.1. The second kappa shape index (κ2) is 6.99. The molecule has 1 N–H and O–H groups in total. The van der Waals surface area contributed by atoms with Crippen LogP contribution in [0.3, 0.4) is 0 Å². The normalized spacial score (nSPS) is 15.0. The molecule has 0 aliphatic carbocycles. The van der Waals surface area contributed by atoms with E-state index in [4.69, 9.17) is 14.7 Å². The van der Waals surface area contributed by atoms with Crippen LogP contribution >= 0.6 is 11.3 Å². The molecular formula is C17H20N6OS. The minimum absolute atomic E-state index is 0.673. The zero-order chi connectivity index (χ0) is 17.2. The third-order valence-electron chi connectivity index (χ3n) is 4.31. The number of nitrogens with one attached hydrogen (secondary N) is 1. The summed E-state index contributed by atoms with van der Waals surface area (Å²) in [6.07, 6.45) is 5.03. The van der Waals surface area contributed by atoms with Crippen molar-refractivity contribution < 1.29 is 4.74 Å². The van der Waals surface area contributed by atoms with Crippen molar-refractivity contribution in [3.63, 3.8) is 0 Å². The summed E-state index contributed by atoms with van der Waals surface area (Å²) in [5, 5.41) is 3.24. The molecular weight excluding hydrogens is 336 g/mol. The summed E-state index contributed by atoms with van der Waals surface area (Å²) in [6.45, 7) is 6.10. The number of anilines is 1. The van der Waals surface area contributed by atoms with Crippen LogP contribution in [0.4, 0.5) is 5.82 Å². The number of aromatic nitrogens is 4. The first-order chi connectivity index (χ1) is 12.3. The van der Waals surface area contributed by atoms with Crippen LogP contribution in [0, 0.1) is 6.92 Å². The lowest BCUT2D eigenvalue weighted by molar-refractivity contribution is 0.122. The van der Waals surface area contributed by atoms with Crippen LogP contribution in [0.5, 0.6) is 0 Å². The van der Waals surface area contributed by atoms with Crippen molar-refractivity contribution in [2.45, 2.75) is 13.5 Å². The standard InChI is InChI=1S/C17H20N6OS/c1-11-13(9-18-2)25-15-14(11)21-16(12-7-19-10-20-8-12)22-17(15)23-3-5-24-6-4-23/h7-8,10,18H,3-6,9H2,1-2H3. The third-order valence-corrected chi connectivity index (χ3v) is 5.59. The Bertz CT molecular complexity index is 876. The van der Waals surface area contributed by atoms with Crippen LogP contribution < -0.4 is 10.2 Å². The molecule has 0 radical (unpaired) electrons. The van der Waals surface area contributed by atoms with Crippen molar-refractivity contribution in [2.24, 2.45) is 0 Å². The second-order valence-corrected chi connectivity index (χ2v) is 7.06. The van der Waals surface area contributed by atoms with Gasteiger partial charge in [0.25, 0.3) is 0 Å². The minimum atomic E-state index is 0.673. The molecule has 0 unspecified atom stereocenters. The Balaban J connectivity index is 1.91. The molecule has 0 spiro atoms. The van der Waals surface area contributed by atoms with E-state index in [2.05, 4.69) is 27.1 Å². The smallest absolute Gasteiger partial charge is 0.165 e. The SMILES string of the molecule is CNCc1sc2c(N3CCOCC3)nc(-c3cncnc3)nc2c1C. The van der Waals surface area contributed by atoms with Gasteiger partial charge in [-0.15, -0.1) is 11.3 Å². The minimum Gasteiger partial charge on any atom is -0.378 e. The van der Waals surface area contributed by atoms with Gasteiger partial charge < -0.3 is 15.0 Å². The summed E-state index contributed by atoms with van der Waals surface area (Å²) >= 11 is 1.77. The van der Waals surface area contributed by atoms with Gasteiger partial charge in [-0.05, 0) is 19.5 Å². The number of rotatable bonds is 4. The number of thiophene rings is 1. The van der Waals surface area contributed by atoms with Crippen molar-refractivity contribution in [1.82, 2.24) is 25.3 Å². The average molecular weight is 356 g/mol. The molecule has 0 aromatic carbocycles. The molecule has 1 fully saturated rings. The van der Waals surface area contributed by atoms with Gasteiger partial charge in [0.05, 0.1) is 29.0 Å². The van der Waals surface area contributed by atoms with Crippen LogP contribution in [-0.4, -0.2) is 53.3 Å². The van der Waals surface area contributed by atoms with Crippen LogP contribution in [0.2, 0.25) is 0 Å². The van der Waals surface area contributed by atoms with Crippen molar-refractivity contribution in [3.05, 3.63) is 29.2 Å². The molecule has 130 valence electrons. The summed E-state index contributed by atoms with van der Waals surface area (Å²) in [6, 6.07) is 0. The quantitative estimate of drug-likeness (QED) is 0.766. The number of hydrogen-bond acceptors (Lipinski definition) is 8. The Hall–Kier alpha value is -2.16. The Morgan fingerprint density at radius 3 is 2.68 bits per heavy atom. The average Bonchev–Trinajstić information content (AvgIpc) is 2.99. The molecule has 8 heteroatoms. The highest BCUT2D eigenvalue weighted by Gasteiger charge is 2.22. The lowest BCUT2D eigenvalue weighted by Gasteiger charge is -2.28. The molecule has 0 bridgehead atoms. The second-order valence-electron chi connectivity index (χ2n) is 5.96. The fourth-order valence-corrected chi connectivity index (χ4v) is 4.26. The van der Waals surface area contributed by atoms with Gasteiger partial charge in [-0.25, -0.2) is 19.9 Å². The van der Waals surface area contributed by atoms with Crippen LogP contribution in [0.15, 0.2) is 18.7 Å². The van der Waals surface area contributed by atoms with Gasteiger partial charge in [0.2, 0.25) is 0 Å². The van der Waals surface area contributed by atoms with Crippen LogP contribution in [0.1, 0.15) is 10.4 Å². The van der Waals surface area contributed by atoms with E-state index in [9.17, 15) is 0 Å².